The highest BCUT2D eigenvalue weighted by Crippen LogP contribution is 2.28. The molecule has 0 spiro atoms. The van der Waals surface area contributed by atoms with E-state index in [1.165, 1.54) is 0 Å². The molecule has 2 amide bonds. The first-order valence-corrected chi connectivity index (χ1v) is 9.71. The van der Waals surface area contributed by atoms with Crippen molar-refractivity contribution in [1.29, 1.82) is 0 Å². The Kier molecular flexibility index (Phi) is 8.12. The van der Waals surface area contributed by atoms with Gasteiger partial charge in [-0.05, 0) is 49.9 Å². The highest BCUT2D eigenvalue weighted by molar-refractivity contribution is 5.97. The summed E-state index contributed by atoms with van der Waals surface area (Å²) < 4.78 is 16.5. The van der Waals surface area contributed by atoms with Crippen molar-refractivity contribution in [3.8, 4) is 11.5 Å². The summed E-state index contributed by atoms with van der Waals surface area (Å²) in [7, 11) is 1.59. The minimum absolute atomic E-state index is 0.115. The van der Waals surface area contributed by atoms with Gasteiger partial charge in [-0.1, -0.05) is 19.9 Å². The van der Waals surface area contributed by atoms with Gasteiger partial charge in [0.05, 0.1) is 25.8 Å². The first-order chi connectivity index (χ1) is 13.8. The number of rotatable bonds is 10. The van der Waals surface area contributed by atoms with Crippen LogP contribution in [0.5, 0.6) is 11.5 Å². The Morgan fingerprint density at radius 1 is 1.10 bits per heavy atom. The fourth-order valence-electron chi connectivity index (χ4n) is 2.72. The molecule has 7 nitrogen and oxygen atoms in total. The number of carbonyl (C=O) groups excluding carboxylic acids is 2. The molecule has 0 fully saturated rings. The van der Waals surface area contributed by atoms with Gasteiger partial charge in [0, 0.05) is 6.54 Å². The smallest absolute Gasteiger partial charge is 0.255 e. The van der Waals surface area contributed by atoms with Crippen LogP contribution in [0.1, 0.15) is 47.7 Å². The van der Waals surface area contributed by atoms with Gasteiger partial charge in [0.25, 0.3) is 5.91 Å². The van der Waals surface area contributed by atoms with Gasteiger partial charge >= 0.3 is 0 Å². The van der Waals surface area contributed by atoms with Crippen LogP contribution in [-0.2, 0) is 11.3 Å². The van der Waals surface area contributed by atoms with E-state index in [-0.39, 0.29) is 18.4 Å². The standard InChI is InChI=1S/C22H30N2O5/c1-14(2)8-9-28-19-7-6-17(11-20(19)27-5)12-23-21(25)13-24-22(26)18-10-15(3)29-16(18)4/h6-7,10-11,14H,8-9,12-13H2,1-5H3,(H,23,25)(H,24,26). The molecule has 0 saturated carbocycles. The molecule has 1 heterocycles. The lowest BCUT2D eigenvalue weighted by Crippen LogP contribution is -2.36. The highest BCUT2D eigenvalue weighted by atomic mass is 16.5. The summed E-state index contributed by atoms with van der Waals surface area (Å²) in [6.07, 6.45) is 0.963. The summed E-state index contributed by atoms with van der Waals surface area (Å²) in [4.78, 5) is 24.2. The van der Waals surface area contributed by atoms with E-state index in [2.05, 4.69) is 24.5 Å². The Hall–Kier alpha value is -2.96. The molecule has 1 aromatic carbocycles. The van der Waals surface area contributed by atoms with Crippen LogP contribution >= 0.6 is 0 Å². The first kappa shape index (κ1) is 22.3. The number of benzene rings is 1. The second-order valence-corrected chi connectivity index (χ2v) is 7.30. The van der Waals surface area contributed by atoms with Crippen LogP contribution in [0.25, 0.3) is 0 Å². The molecule has 0 unspecified atom stereocenters. The molecule has 0 aliphatic rings. The minimum Gasteiger partial charge on any atom is -0.493 e. The highest BCUT2D eigenvalue weighted by Gasteiger charge is 2.14. The maximum Gasteiger partial charge on any atom is 0.255 e. The van der Waals surface area contributed by atoms with Gasteiger partial charge < -0.3 is 24.5 Å². The average molecular weight is 402 g/mol. The number of furan rings is 1. The fourth-order valence-corrected chi connectivity index (χ4v) is 2.72. The SMILES string of the molecule is COc1cc(CNC(=O)CNC(=O)c2cc(C)oc2C)ccc1OCCC(C)C. The van der Waals surface area contributed by atoms with Gasteiger partial charge in [0.1, 0.15) is 11.5 Å². The van der Waals surface area contributed by atoms with Gasteiger partial charge in [-0.2, -0.15) is 0 Å². The van der Waals surface area contributed by atoms with E-state index in [9.17, 15) is 9.59 Å². The van der Waals surface area contributed by atoms with Gasteiger partial charge in [-0.3, -0.25) is 9.59 Å². The molecule has 0 radical (unpaired) electrons. The summed E-state index contributed by atoms with van der Waals surface area (Å²) in [5.41, 5.74) is 1.31. The summed E-state index contributed by atoms with van der Waals surface area (Å²) >= 11 is 0. The van der Waals surface area contributed by atoms with E-state index in [1.807, 2.05) is 18.2 Å². The number of nitrogens with one attached hydrogen (secondary N) is 2. The zero-order valence-electron chi connectivity index (χ0n) is 17.8. The van der Waals surface area contributed by atoms with E-state index < -0.39 is 0 Å². The van der Waals surface area contributed by atoms with Crippen molar-refractivity contribution in [3.05, 3.63) is 46.9 Å². The quantitative estimate of drug-likeness (QED) is 0.636. The zero-order valence-corrected chi connectivity index (χ0v) is 17.8. The van der Waals surface area contributed by atoms with Crippen molar-refractivity contribution in [3.63, 3.8) is 0 Å². The van der Waals surface area contributed by atoms with Crippen molar-refractivity contribution < 1.29 is 23.5 Å². The monoisotopic (exact) mass is 402 g/mol. The fraction of sp³-hybridized carbons (Fsp3) is 0.455. The molecule has 0 aliphatic carbocycles. The van der Waals surface area contributed by atoms with E-state index >= 15 is 0 Å². The van der Waals surface area contributed by atoms with Crippen LogP contribution in [0.15, 0.2) is 28.7 Å². The van der Waals surface area contributed by atoms with E-state index in [1.54, 1.807) is 27.0 Å². The molecule has 7 heteroatoms. The molecule has 0 bridgehead atoms. The molecule has 0 atom stereocenters. The van der Waals surface area contributed by atoms with Gasteiger partial charge in [-0.15, -0.1) is 0 Å². The summed E-state index contributed by atoms with van der Waals surface area (Å²) in [5, 5.41) is 5.38. The number of ether oxygens (including phenoxy) is 2. The number of hydrogen-bond acceptors (Lipinski definition) is 5. The first-order valence-electron chi connectivity index (χ1n) is 9.71. The van der Waals surface area contributed by atoms with Crippen LogP contribution in [0.2, 0.25) is 0 Å². The predicted octanol–water partition coefficient (Wildman–Crippen LogP) is 3.38. The van der Waals surface area contributed by atoms with E-state index in [0.717, 1.165) is 12.0 Å². The molecule has 2 N–H and O–H groups in total. The minimum atomic E-state index is -0.334. The largest absolute Gasteiger partial charge is 0.493 e. The lowest BCUT2D eigenvalue weighted by Gasteiger charge is -2.13. The molecule has 2 rings (SSSR count). The van der Waals surface area contributed by atoms with Crippen molar-refractivity contribution in [2.45, 2.75) is 40.7 Å². The maximum absolute atomic E-state index is 12.1. The molecule has 158 valence electrons. The molecule has 0 saturated heterocycles. The van der Waals surface area contributed by atoms with Crippen molar-refractivity contribution in [1.82, 2.24) is 10.6 Å². The normalized spacial score (nSPS) is 10.7. The third-order valence-corrected chi connectivity index (χ3v) is 4.37. The average Bonchev–Trinajstić information content (AvgIpc) is 3.02. The van der Waals surface area contributed by atoms with Crippen LogP contribution in [0, 0.1) is 19.8 Å². The number of methoxy groups -OCH3 is 1. The number of aryl methyl sites for hydroxylation is 2. The third kappa shape index (κ3) is 6.85. The van der Waals surface area contributed by atoms with Crippen LogP contribution in [0.3, 0.4) is 0 Å². The van der Waals surface area contributed by atoms with Crippen molar-refractivity contribution in [2.24, 2.45) is 5.92 Å². The van der Waals surface area contributed by atoms with Crippen molar-refractivity contribution in [2.75, 3.05) is 20.3 Å². The Balaban J connectivity index is 1.83. The van der Waals surface area contributed by atoms with Crippen LogP contribution in [-0.4, -0.2) is 32.1 Å². The number of carbonyl (C=O) groups is 2. The Morgan fingerprint density at radius 3 is 2.48 bits per heavy atom. The molecule has 29 heavy (non-hydrogen) atoms. The third-order valence-electron chi connectivity index (χ3n) is 4.37. The molecule has 1 aromatic heterocycles. The Morgan fingerprint density at radius 2 is 1.86 bits per heavy atom. The van der Waals surface area contributed by atoms with Gasteiger partial charge in [-0.25, -0.2) is 0 Å². The van der Waals surface area contributed by atoms with Gasteiger partial charge in [0.2, 0.25) is 5.91 Å². The van der Waals surface area contributed by atoms with E-state index in [0.29, 0.717) is 47.7 Å². The van der Waals surface area contributed by atoms with E-state index in [4.69, 9.17) is 13.9 Å². The number of hydrogen-bond donors (Lipinski definition) is 2. The van der Waals surface area contributed by atoms with Crippen LogP contribution < -0.4 is 20.1 Å². The van der Waals surface area contributed by atoms with Gasteiger partial charge in [0.15, 0.2) is 11.5 Å². The predicted molar refractivity (Wildman–Crippen MR) is 110 cm³/mol. The Bertz CT molecular complexity index is 842. The second-order valence-electron chi connectivity index (χ2n) is 7.30. The summed E-state index contributed by atoms with van der Waals surface area (Å²) in [6.45, 7) is 8.60. The summed E-state index contributed by atoms with van der Waals surface area (Å²) in [6, 6.07) is 7.21. The maximum atomic E-state index is 12.1. The van der Waals surface area contributed by atoms with Crippen LogP contribution in [0.4, 0.5) is 0 Å². The molecule has 2 aromatic rings. The second kappa shape index (κ2) is 10.5. The zero-order chi connectivity index (χ0) is 21.4. The topological polar surface area (TPSA) is 89.8 Å². The molecular weight excluding hydrogens is 372 g/mol. The lowest BCUT2D eigenvalue weighted by molar-refractivity contribution is -0.120. The molecular formula is C22H30N2O5. The van der Waals surface area contributed by atoms with Crippen molar-refractivity contribution >= 4 is 11.8 Å². The number of amides is 2. The summed E-state index contributed by atoms with van der Waals surface area (Å²) in [5.74, 6) is 2.44. The Labute approximate surface area is 171 Å². The lowest BCUT2D eigenvalue weighted by atomic mass is 10.1. The molecule has 0 aliphatic heterocycles.